The Hall–Kier alpha value is -2.35. The fourth-order valence-electron chi connectivity index (χ4n) is 3.52. The Bertz CT molecular complexity index is 1160. The summed E-state index contributed by atoms with van der Waals surface area (Å²) in [5.74, 6) is -0.934. The van der Waals surface area contributed by atoms with E-state index >= 15 is 0 Å². The van der Waals surface area contributed by atoms with Crippen LogP contribution in [-0.4, -0.2) is 26.9 Å². The van der Waals surface area contributed by atoms with Gasteiger partial charge >= 0.3 is 0 Å². The lowest BCUT2D eigenvalue weighted by Gasteiger charge is -2.15. The van der Waals surface area contributed by atoms with E-state index in [1.54, 1.807) is 24.3 Å². The fraction of sp³-hybridized carbons (Fsp3) is 0.167. The van der Waals surface area contributed by atoms with Crippen LogP contribution < -0.4 is 0 Å². The number of carbonyl (C=O) groups is 2. The molecule has 32 heavy (non-hydrogen) atoms. The van der Waals surface area contributed by atoms with Crippen molar-refractivity contribution in [3.8, 4) is 17.2 Å². The van der Waals surface area contributed by atoms with Gasteiger partial charge < -0.3 is 15.3 Å². The van der Waals surface area contributed by atoms with E-state index in [0.29, 0.717) is 36.2 Å². The van der Waals surface area contributed by atoms with E-state index in [4.69, 9.17) is 11.6 Å². The van der Waals surface area contributed by atoms with Crippen molar-refractivity contribution in [1.82, 2.24) is 0 Å². The first kappa shape index (κ1) is 24.3. The van der Waals surface area contributed by atoms with Gasteiger partial charge in [0.25, 0.3) is 0 Å². The number of phenolic OH excluding ortho intramolecular Hbond substituents is 3. The second kappa shape index (κ2) is 9.65. The molecule has 0 aliphatic heterocycles. The number of benzene rings is 3. The third kappa shape index (κ3) is 5.17. The zero-order chi connectivity index (χ0) is 23.7. The normalized spacial score (nSPS) is 10.9. The molecule has 0 saturated heterocycles. The first-order valence-corrected chi connectivity index (χ1v) is 11.5. The smallest absolute Gasteiger partial charge is 0.163 e. The number of carbonyl (C=O) groups excluding carboxylic acids is 2. The third-order valence-corrected chi connectivity index (χ3v) is 6.19. The maximum absolute atomic E-state index is 11.8. The van der Waals surface area contributed by atoms with Crippen molar-refractivity contribution in [3.05, 3.63) is 83.7 Å². The summed E-state index contributed by atoms with van der Waals surface area (Å²) in [5, 5.41) is 32.4. The molecule has 0 atom stereocenters. The Balaban J connectivity index is 2.05. The number of halogens is 3. The molecule has 3 aromatic carbocycles. The van der Waals surface area contributed by atoms with Crippen molar-refractivity contribution in [2.75, 3.05) is 0 Å². The molecule has 0 aromatic heterocycles. The van der Waals surface area contributed by atoms with Crippen molar-refractivity contribution in [2.45, 2.75) is 26.7 Å². The van der Waals surface area contributed by atoms with Gasteiger partial charge in [-0.15, -0.1) is 0 Å². The lowest BCUT2D eigenvalue weighted by atomic mass is 9.94. The number of hydrogen-bond acceptors (Lipinski definition) is 5. The number of rotatable bonds is 6. The van der Waals surface area contributed by atoms with E-state index in [-0.39, 0.29) is 52.8 Å². The van der Waals surface area contributed by atoms with Crippen molar-refractivity contribution < 1.29 is 24.9 Å². The van der Waals surface area contributed by atoms with Crippen molar-refractivity contribution in [1.29, 1.82) is 0 Å². The Morgan fingerprint density at radius 2 is 1.03 bits per heavy atom. The minimum absolute atomic E-state index is 0.0538. The summed E-state index contributed by atoms with van der Waals surface area (Å²) in [5.41, 5.74) is 2.11. The minimum Gasteiger partial charge on any atom is -0.507 e. The molecule has 3 rings (SSSR count). The first-order chi connectivity index (χ1) is 15.0. The molecular weight excluding hydrogens is 564 g/mol. The van der Waals surface area contributed by atoms with E-state index in [1.807, 2.05) is 0 Å². The number of aromatic hydroxyl groups is 3. The number of ketones is 2. The van der Waals surface area contributed by atoms with Crippen molar-refractivity contribution in [3.63, 3.8) is 0 Å². The zero-order valence-electron chi connectivity index (χ0n) is 17.2. The minimum atomic E-state index is -0.285. The van der Waals surface area contributed by atoms with Crippen LogP contribution in [0.25, 0.3) is 0 Å². The Kier molecular flexibility index (Phi) is 7.32. The van der Waals surface area contributed by atoms with E-state index in [9.17, 15) is 24.9 Å². The first-order valence-electron chi connectivity index (χ1n) is 9.52. The Labute approximate surface area is 206 Å². The summed E-state index contributed by atoms with van der Waals surface area (Å²) in [6.45, 7) is 2.72. The molecule has 0 spiro atoms. The quantitative estimate of drug-likeness (QED) is 0.286. The second-order valence-electron chi connectivity index (χ2n) is 7.46. The topological polar surface area (TPSA) is 94.8 Å². The lowest BCUT2D eigenvalue weighted by molar-refractivity contribution is 0.100. The Morgan fingerprint density at radius 3 is 1.38 bits per heavy atom. The Morgan fingerprint density at radius 1 is 0.688 bits per heavy atom. The molecule has 0 unspecified atom stereocenters. The highest BCUT2D eigenvalue weighted by Gasteiger charge is 2.19. The van der Waals surface area contributed by atoms with Crippen LogP contribution in [0.1, 0.15) is 56.8 Å². The van der Waals surface area contributed by atoms with Gasteiger partial charge in [-0.2, -0.15) is 0 Å². The van der Waals surface area contributed by atoms with Crippen LogP contribution in [0.15, 0.2) is 45.3 Å². The van der Waals surface area contributed by atoms with E-state index in [0.717, 1.165) is 0 Å². The summed E-state index contributed by atoms with van der Waals surface area (Å²) in [6, 6.07) is 9.56. The van der Waals surface area contributed by atoms with Gasteiger partial charge in [0.15, 0.2) is 11.6 Å². The average Bonchev–Trinajstić information content (AvgIpc) is 2.69. The summed E-state index contributed by atoms with van der Waals surface area (Å²) in [7, 11) is 0. The summed E-state index contributed by atoms with van der Waals surface area (Å²) >= 11 is 13.0. The summed E-state index contributed by atoms with van der Waals surface area (Å²) in [4.78, 5) is 23.7. The van der Waals surface area contributed by atoms with E-state index in [1.165, 1.54) is 26.0 Å². The average molecular weight is 583 g/mol. The molecule has 0 aliphatic carbocycles. The number of hydrogen-bond donors (Lipinski definition) is 3. The number of Topliss-reactive ketones (excluding diaryl/α,β-unsaturated/α-hetero) is 2. The van der Waals surface area contributed by atoms with Crippen LogP contribution in [0.2, 0.25) is 5.02 Å². The van der Waals surface area contributed by atoms with Gasteiger partial charge in [0.05, 0.1) is 11.1 Å². The molecule has 0 radical (unpaired) electrons. The highest BCUT2D eigenvalue weighted by atomic mass is 79.9. The third-order valence-electron chi connectivity index (χ3n) is 5.06. The largest absolute Gasteiger partial charge is 0.507 e. The fourth-order valence-corrected chi connectivity index (χ4v) is 4.79. The van der Waals surface area contributed by atoms with Crippen LogP contribution in [0.3, 0.4) is 0 Å². The molecule has 8 heteroatoms. The number of phenols is 3. The molecule has 0 aliphatic rings. The standard InChI is InChI=1S/C24H19Br2ClO5/c1-11(28)20-9-17(25)5-13(23(20)31)3-15-7-19(27)8-16(22(15)30)4-14-6-18(26)10-21(12(2)29)24(14)32/h5-10,30-32H,3-4H2,1-2H3. The van der Waals surface area contributed by atoms with E-state index < -0.39 is 0 Å². The van der Waals surface area contributed by atoms with Crippen LogP contribution >= 0.6 is 43.5 Å². The van der Waals surface area contributed by atoms with Crippen LogP contribution in [-0.2, 0) is 12.8 Å². The predicted octanol–water partition coefficient (Wildman–Crippen LogP) is 6.57. The van der Waals surface area contributed by atoms with Gasteiger partial charge in [0.1, 0.15) is 17.2 Å². The van der Waals surface area contributed by atoms with Crippen molar-refractivity contribution in [2.24, 2.45) is 0 Å². The second-order valence-corrected chi connectivity index (χ2v) is 9.73. The molecule has 166 valence electrons. The summed E-state index contributed by atoms with van der Waals surface area (Å²) < 4.78 is 1.24. The molecule has 0 heterocycles. The highest BCUT2D eigenvalue weighted by Crippen LogP contribution is 2.37. The molecule has 0 saturated carbocycles. The lowest BCUT2D eigenvalue weighted by Crippen LogP contribution is -2.01. The van der Waals surface area contributed by atoms with Gasteiger partial charge in [-0.05, 0) is 50.2 Å². The van der Waals surface area contributed by atoms with Crippen LogP contribution in [0.4, 0.5) is 0 Å². The summed E-state index contributed by atoms with van der Waals surface area (Å²) in [6.07, 6.45) is 0.238. The molecule has 3 aromatic rings. The molecule has 0 fully saturated rings. The molecule has 0 amide bonds. The maximum Gasteiger partial charge on any atom is 0.163 e. The molecule has 3 N–H and O–H groups in total. The van der Waals surface area contributed by atoms with Crippen LogP contribution in [0.5, 0.6) is 17.2 Å². The molecular formula is C24H19Br2ClO5. The maximum atomic E-state index is 11.8. The molecule has 0 bridgehead atoms. The van der Waals surface area contributed by atoms with Gasteiger partial charge in [0, 0.05) is 49.1 Å². The van der Waals surface area contributed by atoms with Gasteiger partial charge in [0.2, 0.25) is 0 Å². The highest BCUT2D eigenvalue weighted by molar-refractivity contribution is 9.10. The predicted molar refractivity (Wildman–Crippen MR) is 130 cm³/mol. The van der Waals surface area contributed by atoms with Gasteiger partial charge in [-0.1, -0.05) is 43.5 Å². The SMILES string of the molecule is CC(=O)c1cc(Br)cc(Cc2cc(Cl)cc(Cc3cc(Br)cc(C(C)=O)c3O)c2O)c1O. The molecule has 5 nitrogen and oxygen atoms in total. The van der Waals surface area contributed by atoms with E-state index in [2.05, 4.69) is 31.9 Å². The van der Waals surface area contributed by atoms with Crippen molar-refractivity contribution >= 4 is 55.0 Å². The van der Waals surface area contributed by atoms with Gasteiger partial charge in [-0.3, -0.25) is 9.59 Å². The van der Waals surface area contributed by atoms with Crippen LogP contribution in [0, 0.1) is 0 Å². The zero-order valence-corrected chi connectivity index (χ0v) is 21.1. The van der Waals surface area contributed by atoms with Gasteiger partial charge in [-0.25, -0.2) is 0 Å². The monoisotopic (exact) mass is 580 g/mol.